The maximum Gasteiger partial charge on any atom is 0.427 e. The van der Waals surface area contributed by atoms with Crippen molar-refractivity contribution in [2.45, 2.75) is 32.1 Å². The lowest BCUT2D eigenvalue weighted by atomic mass is 9.94. The van der Waals surface area contributed by atoms with Crippen molar-refractivity contribution >= 4 is 29.3 Å². The molecule has 2 aliphatic rings. The largest absolute Gasteiger partial charge is 0.427 e. The van der Waals surface area contributed by atoms with E-state index >= 15 is 0 Å². The van der Waals surface area contributed by atoms with Crippen LogP contribution in [0.3, 0.4) is 0 Å². The second kappa shape index (κ2) is 5.29. The first-order valence-electron chi connectivity index (χ1n) is 6.70. The smallest absolute Gasteiger partial charge is 0.404 e. The van der Waals surface area contributed by atoms with Crippen molar-refractivity contribution in [1.82, 2.24) is 0 Å². The fraction of sp³-hybridized carbons (Fsp3) is 0.333. The van der Waals surface area contributed by atoms with E-state index in [4.69, 9.17) is 16.3 Å². The molecule has 20 heavy (non-hydrogen) atoms. The van der Waals surface area contributed by atoms with Crippen LogP contribution in [-0.2, 0) is 9.53 Å². The predicted octanol–water partition coefficient (Wildman–Crippen LogP) is 4.04. The topological polar surface area (TPSA) is 46.6 Å². The number of halogens is 1. The molecule has 3 rings (SSSR count). The standard InChI is InChI=1S/C15H14ClNO3/c16-11-6-8-12(9-7-11)17-14(18)13(20-15(17)19)10-4-2-1-3-5-10/h6-9H,1-5H2. The van der Waals surface area contributed by atoms with Crippen molar-refractivity contribution in [1.29, 1.82) is 0 Å². The lowest BCUT2D eigenvalue weighted by Gasteiger charge is -2.14. The SMILES string of the molecule is O=C1OC(=C2CCCCC2)C(=O)N1c1ccc(Cl)cc1. The van der Waals surface area contributed by atoms with Crippen LogP contribution in [0.25, 0.3) is 0 Å². The Kier molecular flexibility index (Phi) is 3.49. The van der Waals surface area contributed by atoms with Gasteiger partial charge in [0.05, 0.1) is 5.69 Å². The van der Waals surface area contributed by atoms with Crippen LogP contribution < -0.4 is 4.90 Å². The van der Waals surface area contributed by atoms with E-state index in [1.54, 1.807) is 24.3 Å². The summed E-state index contributed by atoms with van der Waals surface area (Å²) in [5.74, 6) is -0.140. The van der Waals surface area contributed by atoms with Crippen LogP contribution in [0.1, 0.15) is 32.1 Å². The molecule has 1 heterocycles. The number of carbonyl (C=O) groups is 2. The van der Waals surface area contributed by atoms with E-state index in [-0.39, 0.29) is 11.7 Å². The number of amides is 2. The van der Waals surface area contributed by atoms with Crippen LogP contribution in [-0.4, -0.2) is 12.0 Å². The molecule has 0 unspecified atom stereocenters. The normalized spacial score (nSPS) is 19.6. The van der Waals surface area contributed by atoms with Crippen LogP contribution in [0.4, 0.5) is 10.5 Å². The number of nitrogens with zero attached hydrogens (tertiary/aromatic N) is 1. The molecule has 2 fully saturated rings. The molecule has 1 aliphatic heterocycles. The molecule has 0 N–H and O–H groups in total. The van der Waals surface area contributed by atoms with Gasteiger partial charge in [0.2, 0.25) is 0 Å². The van der Waals surface area contributed by atoms with Gasteiger partial charge in [-0.1, -0.05) is 18.0 Å². The molecular formula is C15H14ClNO3. The molecule has 0 bridgehead atoms. The van der Waals surface area contributed by atoms with E-state index in [0.717, 1.165) is 36.2 Å². The van der Waals surface area contributed by atoms with Gasteiger partial charge in [-0.3, -0.25) is 4.79 Å². The van der Waals surface area contributed by atoms with E-state index in [9.17, 15) is 9.59 Å². The molecule has 5 heteroatoms. The summed E-state index contributed by atoms with van der Waals surface area (Å²) >= 11 is 5.81. The minimum Gasteiger partial charge on any atom is -0.404 e. The quantitative estimate of drug-likeness (QED) is 0.734. The van der Waals surface area contributed by atoms with Crippen molar-refractivity contribution in [2.24, 2.45) is 0 Å². The van der Waals surface area contributed by atoms with Gasteiger partial charge in [-0.05, 0) is 55.5 Å². The van der Waals surface area contributed by atoms with E-state index < -0.39 is 6.09 Å². The third-order valence-electron chi connectivity index (χ3n) is 3.63. The van der Waals surface area contributed by atoms with Gasteiger partial charge >= 0.3 is 12.0 Å². The van der Waals surface area contributed by atoms with Crippen LogP contribution >= 0.6 is 11.6 Å². The summed E-state index contributed by atoms with van der Waals surface area (Å²) in [6.45, 7) is 0. The van der Waals surface area contributed by atoms with Gasteiger partial charge < -0.3 is 4.74 Å². The predicted molar refractivity (Wildman–Crippen MR) is 75.5 cm³/mol. The Morgan fingerprint density at radius 3 is 2.30 bits per heavy atom. The summed E-state index contributed by atoms with van der Waals surface area (Å²) in [4.78, 5) is 25.4. The van der Waals surface area contributed by atoms with E-state index in [1.165, 1.54) is 6.42 Å². The Balaban J connectivity index is 1.92. The summed E-state index contributed by atoms with van der Waals surface area (Å²) in [7, 11) is 0. The number of hydrogen-bond donors (Lipinski definition) is 0. The number of anilines is 1. The third-order valence-corrected chi connectivity index (χ3v) is 3.88. The van der Waals surface area contributed by atoms with Crippen LogP contribution in [0.2, 0.25) is 5.02 Å². The lowest BCUT2D eigenvalue weighted by Crippen LogP contribution is -2.28. The summed E-state index contributed by atoms with van der Waals surface area (Å²) < 4.78 is 5.19. The molecule has 1 saturated heterocycles. The highest BCUT2D eigenvalue weighted by molar-refractivity contribution is 6.31. The highest BCUT2D eigenvalue weighted by atomic mass is 35.5. The van der Waals surface area contributed by atoms with Crippen LogP contribution in [0, 0.1) is 0 Å². The minimum atomic E-state index is -0.634. The fourth-order valence-electron chi connectivity index (χ4n) is 2.60. The second-order valence-electron chi connectivity index (χ2n) is 4.98. The first-order chi connectivity index (χ1) is 9.66. The monoisotopic (exact) mass is 291 g/mol. The molecule has 0 atom stereocenters. The van der Waals surface area contributed by atoms with Crippen LogP contribution in [0.15, 0.2) is 35.6 Å². The van der Waals surface area contributed by atoms with E-state index in [1.807, 2.05) is 0 Å². The maximum absolute atomic E-state index is 12.4. The number of rotatable bonds is 1. The minimum absolute atomic E-state index is 0.227. The molecule has 0 aromatic heterocycles. The molecular weight excluding hydrogens is 278 g/mol. The zero-order valence-electron chi connectivity index (χ0n) is 10.9. The second-order valence-corrected chi connectivity index (χ2v) is 5.41. The van der Waals surface area contributed by atoms with Gasteiger partial charge in [-0.15, -0.1) is 0 Å². The number of hydrogen-bond acceptors (Lipinski definition) is 3. The zero-order chi connectivity index (χ0) is 14.1. The first kappa shape index (κ1) is 13.2. The van der Waals surface area contributed by atoms with Gasteiger partial charge in [0.25, 0.3) is 0 Å². The Bertz CT molecular complexity index is 584. The third kappa shape index (κ3) is 2.31. The molecule has 1 aromatic rings. The number of allylic oxidation sites excluding steroid dienone is 1. The van der Waals surface area contributed by atoms with Crippen molar-refractivity contribution < 1.29 is 14.3 Å². The van der Waals surface area contributed by atoms with Gasteiger partial charge in [0, 0.05) is 5.02 Å². The summed E-state index contributed by atoms with van der Waals surface area (Å²) in [6, 6.07) is 6.55. The lowest BCUT2D eigenvalue weighted by molar-refractivity contribution is -0.114. The van der Waals surface area contributed by atoms with Crippen molar-refractivity contribution in [3.05, 3.63) is 40.6 Å². The molecule has 104 valence electrons. The molecule has 2 amide bonds. The van der Waals surface area contributed by atoms with Gasteiger partial charge in [0.1, 0.15) is 0 Å². The number of imide groups is 1. The van der Waals surface area contributed by atoms with Gasteiger partial charge in [0.15, 0.2) is 5.76 Å². The average Bonchev–Trinajstić information content (AvgIpc) is 2.76. The molecule has 4 nitrogen and oxygen atoms in total. The van der Waals surface area contributed by atoms with Gasteiger partial charge in [-0.25, -0.2) is 9.69 Å². The van der Waals surface area contributed by atoms with Crippen molar-refractivity contribution in [3.8, 4) is 0 Å². The summed E-state index contributed by atoms with van der Waals surface area (Å²) in [5.41, 5.74) is 1.45. The van der Waals surface area contributed by atoms with Crippen LogP contribution in [0.5, 0.6) is 0 Å². The molecule has 1 saturated carbocycles. The maximum atomic E-state index is 12.4. The summed E-state index contributed by atoms with van der Waals surface area (Å²) in [5, 5.41) is 0.555. The average molecular weight is 292 g/mol. The Morgan fingerprint density at radius 2 is 1.65 bits per heavy atom. The fourth-order valence-corrected chi connectivity index (χ4v) is 2.73. The van der Waals surface area contributed by atoms with Gasteiger partial charge in [-0.2, -0.15) is 0 Å². The van der Waals surface area contributed by atoms with Crippen molar-refractivity contribution in [3.63, 3.8) is 0 Å². The molecule has 1 aromatic carbocycles. The Morgan fingerprint density at radius 1 is 1.00 bits per heavy atom. The number of cyclic esters (lactones) is 1. The Hall–Kier alpha value is -1.81. The number of carbonyl (C=O) groups excluding carboxylic acids is 2. The van der Waals surface area contributed by atoms with Crippen molar-refractivity contribution in [2.75, 3.05) is 4.90 Å². The van der Waals surface area contributed by atoms with E-state index in [0.29, 0.717) is 10.7 Å². The molecule has 0 spiro atoms. The molecule has 1 aliphatic carbocycles. The Labute approximate surface area is 122 Å². The summed E-state index contributed by atoms with van der Waals surface area (Å²) in [6.07, 6.45) is 4.30. The highest BCUT2D eigenvalue weighted by Gasteiger charge is 2.39. The van der Waals surface area contributed by atoms with E-state index in [2.05, 4.69) is 0 Å². The number of ether oxygens (including phenoxy) is 1. The zero-order valence-corrected chi connectivity index (χ0v) is 11.7. The first-order valence-corrected chi connectivity index (χ1v) is 7.08. The number of benzene rings is 1. The molecule has 0 radical (unpaired) electrons. The highest BCUT2D eigenvalue weighted by Crippen LogP contribution is 2.32.